The number of rotatable bonds is 6. The van der Waals surface area contributed by atoms with Crippen molar-refractivity contribution in [2.24, 2.45) is 5.92 Å². The molecule has 0 spiro atoms. The molecule has 1 saturated heterocycles. The highest BCUT2D eigenvalue weighted by Gasteiger charge is 2.27. The number of benzene rings is 1. The maximum absolute atomic E-state index is 3.76. The van der Waals surface area contributed by atoms with Gasteiger partial charge in [-0.3, -0.25) is 4.90 Å². The first-order valence-electron chi connectivity index (χ1n) is 8.61. The SMILES string of the molecule is CCCC1CN(Cc2ccc(C)cc2)C(CC(C)C)CN1. The van der Waals surface area contributed by atoms with E-state index in [9.17, 15) is 0 Å². The molecule has 0 amide bonds. The predicted molar refractivity (Wildman–Crippen MR) is 91.5 cm³/mol. The van der Waals surface area contributed by atoms with E-state index in [1.807, 2.05) is 0 Å². The van der Waals surface area contributed by atoms with Crippen LogP contribution in [0.2, 0.25) is 0 Å². The summed E-state index contributed by atoms with van der Waals surface area (Å²) in [7, 11) is 0. The minimum atomic E-state index is 0.670. The summed E-state index contributed by atoms with van der Waals surface area (Å²) in [6.07, 6.45) is 3.85. The molecule has 2 heteroatoms. The lowest BCUT2D eigenvalue weighted by Crippen LogP contribution is -2.56. The predicted octanol–water partition coefficient (Wildman–Crippen LogP) is 3.98. The number of nitrogens with one attached hydrogen (secondary N) is 1. The lowest BCUT2D eigenvalue weighted by Gasteiger charge is -2.41. The molecule has 2 unspecified atom stereocenters. The third-order valence-corrected chi connectivity index (χ3v) is 4.50. The summed E-state index contributed by atoms with van der Waals surface area (Å²) in [5.74, 6) is 0.764. The molecule has 0 saturated carbocycles. The van der Waals surface area contributed by atoms with Gasteiger partial charge in [0, 0.05) is 31.7 Å². The van der Waals surface area contributed by atoms with E-state index in [0.717, 1.165) is 19.0 Å². The number of nitrogens with zero attached hydrogens (tertiary/aromatic N) is 1. The van der Waals surface area contributed by atoms with Crippen LogP contribution in [0, 0.1) is 12.8 Å². The van der Waals surface area contributed by atoms with E-state index in [2.05, 4.69) is 62.2 Å². The molecule has 2 rings (SSSR count). The second kappa shape index (κ2) is 7.95. The van der Waals surface area contributed by atoms with Crippen LogP contribution in [0.1, 0.15) is 51.2 Å². The van der Waals surface area contributed by atoms with Crippen molar-refractivity contribution < 1.29 is 0 Å². The molecule has 1 aliphatic heterocycles. The van der Waals surface area contributed by atoms with Crippen LogP contribution in [-0.2, 0) is 6.54 Å². The number of hydrogen-bond acceptors (Lipinski definition) is 2. The molecule has 1 aromatic carbocycles. The van der Waals surface area contributed by atoms with E-state index >= 15 is 0 Å². The first kappa shape index (κ1) is 16.5. The topological polar surface area (TPSA) is 15.3 Å². The highest BCUT2D eigenvalue weighted by molar-refractivity contribution is 5.21. The van der Waals surface area contributed by atoms with Crippen LogP contribution in [0.15, 0.2) is 24.3 Å². The van der Waals surface area contributed by atoms with Gasteiger partial charge in [0.05, 0.1) is 0 Å². The van der Waals surface area contributed by atoms with Crippen LogP contribution >= 0.6 is 0 Å². The second-order valence-corrected chi connectivity index (χ2v) is 7.09. The molecule has 1 aromatic rings. The maximum atomic E-state index is 3.76. The van der Waals surface area contributed by atoms with Gasteiger partial charge in [-0.2, -0.15) is 0 Å². The molecule has 0 aliphatic carbocycles. The van der Waals surface area contributed by atoms with Crippen molar-refractivity contribution in [2.45, 2.75) is 65.6 Å². The lowest BCUT2D eigenvalue weighted by atomic mass is 9.97. The van der Waals surface area contributed by atoms with Gasteiger partial charge < -0.3 is 5.32 Å². The molecule has 21 heavy (non-hydrogen) atoms. The van der Waals surface area contributed by atoms with Crippen molar-refractivity contribution >= 4 is 0 Å². The van der Waals surface area contributed by atoms with Gasteiger partial charge in [-0.05, 0) is 31.2 Å². The summed E-state index contributed by atoms with van der Waals surface area (Å²) in [4.78, 5) is 2.71. The van der Waals surface area contributed by atoms with E-state index in [0.29, 0.717) is 12.1 Å². The Morgan fingerprint density at radius 3 is 2.57 bits per heavy atom. The van der Waals surface area contributed by atoms with Crippen LogP contribution in [0.4, 0.5) is 0 Å². The van der Waals surface area contributed by atoms with Crippen LogP contribution < -0.4 is 5.32 Å². The van der Waals surface area contributed by atoms with Gasteiger partial charge >= 0.3 is 0 Å². The number of aryl methyl sites for hydroxylation is 1. The third-order valence-electron chi connectivity index (χ3n) is 4.50. The Hall–Kier alpha value is -0.860. The van der Waals surface area contributed by atoms with Crippen molar-refractivity contribution in [1.82, 2.24) is 10.2 Å². The number of hydrogen-bond donors (Lipinski definition) is 1. The normalized spacial score (nSPS) is 23.7. The van der Waals surface area contributed by atoms with Gasteiger partial charge in [0.25, 0.3) is 0 Å². The van der Waals surface area contributed by atoms with Gasteiger partial charge in [0.2, 0.25) is 0 Å². The van der Waals surface area contributed by atoms with E-state index < -0.39 is 0 Å². The average Bonchev–Trinajstić information content (AvgIpc) is 2.44. The van der Waals surface area contributed by atoms with Crippen LogP contribution in [0.25, 0.3) is 0 Å². The molecule has 0 radical (unpaired) electrons. The highest BCUT2D eigenvalue weighted by Crippen LogP contribution is 2.20. The first-order chi connectivity index (χ1) is 10.1. The Labute approximate surface area is 130 Å². The Balaban J connectivity index is 2.03. The lowest BCUT2D eigenvalue weighted by molar-refractivity contribution is 0.103. The standard InChI is InChI=1S/C19H32N2/c1-5-6-18-14-21(19(12-20-18)11-15(2)3)13-17-9-7-16(4)8-10-17/h7-10,15,18-20H,5-6,11-14H2,1-4H3. The van der Waals surface area contributed by atoms with Crippen LogP contribution in [0.5, 0.6) is 0 Å². The van der Waals surface area contributed by atoms with Gasteiger partial charge in [-0.15, -0.1) is 0 Å². The van der Waals surface area contributed by atoms with Gasteiger partial charge in [-0.1, -0.05) is 57.0 Å². The van der Waals surface area contributed by atoms with Crippen LogP contribution in [-0.4, -0.2) is 30.1 Å². The Kier molecular flexibility index (Phi) is 6.25. The molecule has 118 valence electrons. The Morgan fingerprint density at radius 1 is 1.24 bits per heavy atom. The smallest absolute Gasteiger partial charge is 0.0237 e. The average molecular weight is 288 g/mol. The Bertz CT molecular complexity index is 410. The summed E-state index contributed by atoms with van der Waals surface area (Å²) in [5.41, 5.74) is 2.80. The van der Waals surface area contributed by atoms with Gasteiger partial charge in [0.1, 0.15) is 0 Å². The summed E-state index contributed by atoms with van der Waals surface area (Å²) in [6, 6.07) is 10.4. The molecule has 1 aliphatic rings. The van der Waals surface area contributed by atoms with E-state index in [1.165, 1.54) is 36.9 Å². The van der Waals surface area contributed by atoms with Crippen molar-refractivity contribution in [2.75, 3.05) is 13.1 Å². The zero-order valence-corrected chi connectivity index (χ0v) is 14.2. The molecular formula is C19H32N2. The fraction of sp³-hybridized carbons (Fsp3) is 0.684. The maximum Gasteiger partial charge on any atom is 0.0237 e. The summed E-state index contributed by atoms with van der Waals surface area (Å²) >= 11 is 0. The molecule has 2 nitrogen and oxygen atoms in total. The first-order valence-corrected chi connectivity index (χ1v) is 8.61. The van der Waals surface area contributed by atoms with Crippen molar-refractivity contribution in [1.29, 1.82) is 0 Å². The Morgan fingerprint density at radius 2 is 1.95 bits per heavy atom. The van der Waals surface area contributed by atoms with Gasteiger partial charge in [-0.25, -0.2) is 0 Å². The number of piperazine rings is 1. The molecular weight excluding hydrogens is 256 g/mol. The molecule has 0 bridgehead atoms. The monoisotopic (exact) mass is 288 g/mol. The van der Waals surface area contributed by atoms with Crippen molar-refractivity contribution in [3.05, 3.63) is 35.4 Å². The largest absolute Gasteiger partial charge is 0.311 e. The second-order valence-electron chi connectivity index (χ2n) is 7.09. The zero-order valence-electron chi connectivity index (χ0n) is 14.2. The van der Waals surface area contributed by atoms with Gasteiger partial charge in [0.15, 0.2) is 0 Å². The quantitative estimate of drug-likeness (QED) is 0.851. The van der Waals surface area contributed by atoms with Crippen molar-refractivity contribution in [3.8, 4) is 0 Å². The van der Waals surface area contributed by atoms with E-state index in [1.54, 1.807) is 0 Å². The summed E-state index contributed by atoms with van der Waals surface area (Å²) in [5, 5.41) is 3.76. The minimum Gasteiger partial charge on any atom is -0.311 e. The third kappa shape index (κ3) is 5.12. The van der Waals surface area contributed by atoms with E-state index in [-0.39, 0.29) is 0 Å². The molecule has 1 heterocycles. The minimum absolute atomic E-state index is 0.670. The molecule has 1 fully saturated rings. The molecule has 0 aromatic heterocycles. The fourth-order valence-electron chi connectivity index (χ4n) is 3.37. The molecule has 2 atom stereocenters. The fourth-order valence-corrected chi connectivity index (χ4v) is 3.37. The summed E-state index contributed by atoms with van der Waals surface area (Å²) in [6.45, 7) is 12.6. The van der Waals surface area contributed by atoms with E-state index in [4.69, 9.17) is 0 Å². The zero-order chi connectivity index (χ0) is 15.2. The van der Waals surface area contributed by atoms with Crippen molar-refractivity contribution in [3.63, 3.8) is 0 Å². The summed E-state index contributed by atoms with van der Waals surface area (Å²) < 4.78 is 0. The van der Waals surface area contributed by atoms with Crippen LogP contribution in [0.3, 0.4) is 0 Å². The molecule has 1 N–H and O–H groups in total. The highest BCUT2D eigenvalue weighted by atomic mass is 15.2.